The second-order valence-corrected chi connectivity index (χ2v) is 5.42. The Balaban J connectivity index is 1.88. The summed E-state index contributed by atoms with van der Waals surface area (Å²) in [5.74, 6) is -0.191. The molecule has 2 N–H and O–H groups in total. The van der Waals surface area contributed by atoms with E-state index in [2.05, 4.69) is 4.98 Å². The quantitative estimate of drug-likeness (QED) is 0.735. The molecule has 2 nitrogen and oxygen atoms in total. The predicted molar refractivity (Wildman–Crippen MR) is 81.2 cm³/mol. The normalized spacial score (nSPS) is 10.7. The second kappa shape index (κ2) is 5.43. The molecule has 2 aromatic carbocycles. The number of hydrogen-bond donors (Lipinski definition) is 1. The lowest BCUT2D eigenvalue weighted by molar-refractivity contribution is 0.614. The van der Waals surface area contributed by atoms with Gasteiger partial charge >= 0.3 is 0 Å². The van der Waals surface area contributed by atoms with Crippen LogP contribution in [0.15, 0.2) is 53.9 Å². The van der Waals surface area contributed by atoms with Crippen molar-refractivity contribution in [1.29, 1.82) is 0 Å². The van der Waals surface area contributed by atoms with E-state index in [1.807, 2.05) is 35.7 Å². The molecule has 0 saturated carbocycles. The average molecular weight is 284 g/mol. The summed E-state index contributed by atoms with van der Waals surface area (Å²) in [6, 6.07) is 14.4. The summed E-state index contributed by atoms with van der Waals surface area (Å²) in [6.45, 7) is 0. The Morgan fingerprint density at radius 2 is 1.80 bits per heavy atom. The van der Waals surface area contributed by atoms with Crippen molar-refractivity contribution >= 4 is 17.0 Å². The highest BCUT2D eigenvalue weighted by atomic mass is 32.1. The lowest BCUT2D eigenvalue weighted by atomic mass is 10.1. The first kappa shape index (κ1) is 12.8. The fraction of sp³-hybridized carbons (Fsp3) is 0.0625. The van der Waals surface area contributed by atoms with Crippen LogP contribution in [0.1, 0.15) is 10.6 Å². The lowest BCUT2D eigenvalue weighted by Crippen LogP contribution is -1.93. The molecule has 0 bridgehead atoms. The fourth-order valence-electron chi connectivity index (χ4n) is 2.05. The first-order chi connectivity index (χ1) is 9.74. The molecular formula is C16H13FN2S. The van der Waals surface area contributed by atoms with Crippen molar-refractivity contribution in [2.75, 3.05) is 5.73 Å². The largest absolute Gasteiger partial charge is 0.398 e. The smallest absolute Gasteiger partial charge is 0.126 e. The fourth-order valence-corrected chi connectivity index (χ4v) is 2.87. The number of nitrogens with two attached hydrogens (primary N) is 1. The van der Waals surface area contributed by atoms with Crippen LogP contribution in [-0.4, -0.2) is 4.98 Å². The van der Waals surface area contributed by atoms with Gasteiger partial charge in [-0.05, 0) is 17.7 Å². The first-order valence-electron chi connectivity index (χ1n) is 6.27. The zero-order chi connectivity index (χ0) is 13.9. The van der Waals surface area contributed by atoms with Gasteiger partial charge in [-0.2, -0.15) is 0 Å². The Bertz CT molecular complexity index is 737. The Kier molecular flexibility index (Phi) is 3.48. The maximum Gasteiger partial charge on any atom is 0.126 e. The number of benzene rings is 2. The van der Waals surface area contributed by atoms with Crippen LogP contribution >= 0.6 is 11.3 Å². The van der Waals surface area contributed by atoms with Gasteiger partial charge in [0, 0.05) is 23.1 Å². The monoisotopic (exact) mass is 284 g/mol. The van der Waals surface area contributed by atoms with Gasteiger partial charge in [0.25, 0.3) is 0 Å². The van der Waals surface area contributed by atoms with Gasteiger partial charge in [0.15, 0.2) is 0 Å². The Morgan fingerprint density at radius 1 is 1.05 bits per heavy atom. The molecule has 0 saturated heterocycles. The Labute approximate surface area is 120 Å². The number of nitrogens with zero attached hydrogens (tertiary/aromatic N) is 1. The molecule has 0 aliphatic carbocycles. The van der Waals surface area contributed by atoms with E-state index in [0.29, 0.717) is 17.7 Å². The van der Waals surface area contributed by atoms with Gasteiger partial charge < -0.3 is 5.73 Å². The summed E-state index contributed by atoms with van der Waals surface area (Å²) in [6.07, 6.45) is 0.504. The molecule has 0 fully saturated rings. The minimum atomic E-state index is -0.191. The summed E-state index contributed by atoms with van der Waals surface area (Å²) in [5.41, 5.74) is 9.08. The second-order valence-electron chi connectivity index (χ2n) is 4.48. The molecule has 0 aliphatic heterocycles. The highest BCUT2D eigenvalue weighted by Gasteiger charge is 2.09. The SMILES string of the molecule is Nc1ccccc1-c1csc(Cc2ccccc2F)n1. The standard InChI is InChI=1S/C16H13FN2S/c17-13-7-3-1-5-11(13)9-16-19-15(10-20-16)12-6-2-4-8-14(12)18/h1-8,10H,9,18H2. The molecule has 0 atom stereocenters. The third kappa shape index (κ3) is 2.56. The first-order valence-corrected chi connectivity index (χ1v) is 7.14. The number of halogens is 1. The number of para-hydroxylation sites is 1. The van der Waals surface area contributed by atoms with Gasteiger partial charge in [0.05, 0.1) is 10.7 Å². The van der Waals surface area contributed by atoms with Crippen molar-refractivity contribution in [3.8, 4) is 11.3 Å². The Morgan fingerprint density at radius 3 is 2.60 bits per heavy atom. The van der Waals surface area contributed by atoms with Gasteiger partial charge in [-0.1, -0.05) is 36.4 Å². The van der Waals surface area contributed by atoms with Crippen molar-refractivity contribution in [2.24, 2.45) is 0 Å². The van der Waals surface area contributed by atoms with Gasteiger partial charge in [-0.3, -0.25) is 0 Å². The van der Waals surface area contributed by atoms with Crippen molar-refractivity contribution in [1.82, 2.24) is 4.98 Å². The highest BCUT2D eigenvalue weighted by Crippen LogP contribution is 2.27. The summed E-state index contributed by atoms with van der Waals surface area (Å²) >= 11 is 1.52. The van der Waals surface area contributed by atoms with Crippen LogP contribution in [0.25, 0.3) is 11.3 Å². The van der Waals surface area contributed by atoms with Crippen LogP contribution < -0.4 is 5.73 Å². The van der Waals surface area contributed by atoms with E-state index in [1.54, 1.807) is 12.1 Å². The third-order valence-electron chi connectivity index (χ3n) is 3.09. The minimum Gasteiger partial charge on any atom is -0.398 e. The molecule has 3 rings (SSSR count). The Hall–Kier alpha value is -2.20. The number of aromatic nitrogens is 1. The van der Waals surface area contributed by atoms with Gasteiger partial charge in [0.2, 0.25) is 0 Å². The van der Waals surface area contributed by atoms with Crippen LogP contribution in [0.2, 0.25) is 0 Å². The summed E-state index contributed by atoms with van der Waals surface area (Å²) in [5, 5.41) is 2.84. The molecular weight excluding hydrogens is 271 g/mol. The van der Waals surface area contributed by atoms with Gasteiger partial charge in [-0.15, -0.1) is 11.3 Å². The molecule has 20 heavy (non-hydrogen) atoms. The summed E-state index contributed by atoms with van der Waals surface area (Å²) < 4.78 is 13.6. The molecule has 0 aliphatic rings. The zero-order valence-corrected chi connectivity index (χ0v) is 11.5. The van der Waals surface area contributed by atoms with E-state index in [4.69, 9.17) is 5.73 Å². The minimum absolute atomic E-state index is 0.191. The third-order valence-corrected chi connectivity index (χ3v) is 3.94. The number of rotatable bonds is 3. The molecule has 1 aromatic heterocycles. The van der Waals surface area contributed by atoms with E-state index in [-0.39, 0.29) is 5.82 Å². The maximum atomic E-state index is 13.6. The number of anilines is 1. The van der Waals surface area contributed by atoms with Gasteiger partial charge in [0.1, 0.15) is 5.82 Å². The molecule has 3 aromatic rings. The van der Waals surface area contributed by atoms with Crippen LogP contribution in [0.5, 0.6) is 0 Å². The molecule has 100 valence electrons. The molecule has 0 unspecified atom stereocenters. The molecule has 0 amide bonds. The van der Waals surface area contributed by atoms with E-state index in [1.165, 1.54) is 17.4 Å². The van der Waals surface area contributed by atoms with Gasteiger partial charge in [-0.25, -0.2) is 9.37 Å². The van der Waals surface area contributed by atoms with Crippen molar-refractivity contribution in [3.63, 3.8) is 0 Å². The van der Waals surface area contributed by atoms with E-state index in [0.717, 1.165) is 16.3 Å². The predicted octanol–water partition coefficient (Wildman–Crippen LogP) is 4.12. The van der Waals surface area contributed by atoms with Crippen molar-refractivity contribution < 1.29 is 4.39 Å². The molecule has 0 spiro atoms. The van der Waals surface area contributed by atoms with Crippen LogP contribution in [0, 0.1) is 5.82 Å². The number of hydrogen-bond acceptors (Lipinski definition) is 3. The van der Waals surface area contributed by atoms with E-state index >= 15 is 0 Å². The molecule has 1 heterocycles. The molecule has 0 radical (unpaired) electrons. The van der Waals surface area contributed by atoms with Crippen molar-refractivity contribution in [2.45, 2.75) is 6.42 Å². The highest BCUT2D eigenvalue weighted by molar-refractivity contribution is 7.10. The summed E-state index contributed by atoms with van der Waals surface area (Å²) in [4.78, 5) is 4.55. The summed E-state index contributed by atoms with van der Waals surface area (Å²) in [7, 11) is 0. The van der Waals surface area contributed by atoms with Crippen LogP contribution in [-0.2, 0) is 6.42 Å². The zero-order valence-electron chi connectivity index (χ0n) is 10.7. The number of nitrogen functional groups attached to an aromatic ring is 1. The van der Waals surface area contributed by atoms with Crippen molar-refractivity contribution in [3.05, 3.63) is 70.3 Å². The van der Waals surface area contributed by atoms with E-state index < -0.39 is 0 Å². The van der Waals surface area contributed by atoms with E-state index in [9.17, 15) is 4.39 Å². The van der Waals surface area contributed by atoms with Crippen LogP contribution in [0.3, 0.4) is 0 Å². The number of thiazole rings is 1. The average Bonchev–Trinajstić information content (AvgIpc) is 2.90. The maximum absolute atomic E-state index is 13.6. The lowest BCUT2D eigenvalue weighted by Gasteiger charge is -2.01. The molecule has 4 heteroatoms. The van der Waals surface area contributed by atoms with Crippen LogP contribution in [0.4, 0.5) is 10.1 Å². The topological polar surface area (TPSA) is 38.9 Å².